The first-order valence-corrected chi connectivity index (χ1v) is 7.68. The van der Waals surface area contributed by atoms with Gasteiger partial charge >= 0.3 is 0 Å². The van der Waals surface area contributed by atoms with Crippen LogP contribution < -0.4 is 4.72 Å². The molecule has 94 valence electrons. The summed E-state index contributed by atoms with van der Waals surface area (Å²) >= 11 is 1.52. The molecule has 2 rings (SSSR count). The van der Waals surface area contributed by atoms with E-state index in [4.69, 9.17) is 0 Å². The van der Waals surface area contributed by atoms with Crippen LogP contribution in [0.2, 0.25) is 0 Å². The van der Waals surface area contributed by atoms with Crippen molar-refractivity contribution in [2.24, 2.45) is 0 Å². The van der Waals surface area contributed by atoms with Crippen LogP contribution in [0, 0.1) is 0 Å². The lowest BCUT2D eigenvalue weighted by Gasteiger charge is -2.00. The van der Waals surface area contributed by atoms with Gasteiger partial charge in [-0.15, -0.1) is 11.3 Å². The van der Waals surface area contributed by atoms with Crippen LogP contribution in [0.1, 0.15) is 10.4 Å². The molecule has 0 radical (unpaired) electrons. The Morgan fingerprint density at radius 3 is 2.72 bits per heavy atom. The summed E-state index contributed by atoms with van der Waals surface area (Å²) in [5.41, 5.74) is 0.798. The largest absolute Gasteiger partial charge is 0.265 e. The average Bonchev–Trinajstić information content (AvgIpc) is 2.89. The molecule has 0 aliphatic heterocycles. The lowest BCUT2D eigenvalue weighted by molar-refractivity contribution is 0.591. The Hall–Kier alpha value is -1.50. The zero-order valence-electron chi connectivity index (χ0n) is 9.48. The number of nitrogens with zero attached hydrogens (tertiary/aromatic N) is 1. The first-order valence-electron chi connectivity index (χ1n) is 5.26. The minimum Gasteiger partial charge on any atom is -0.265 e. The second-order valence-electron chi connectivity index (χ2n) is 3.53. The maximum Gasteiger partial charge on any atom is 0.234 e. The monoisotopic (exact) mass is 280 g/mol. The van der Waals surface area contributed by atoms with Crippen molar-refractivity contribution in [1.29, 1.82) is 0 Å². The molecule has 0 aliphatic rings. The zero-order valence-corrected chi connectivity index (χ0v) is 11.1. The molecule has 2 aromatic heterocycles. The highest BCUT2D eigenvalue weighted by Gasteiger charge is 2.04. The SMILES string of the molecule is O=S(=O)(C=Cc1ccncc1)NCc1cccs1. The van der Waals surface area contributed by atoms with Crippen molar-refractivity contribution < 1.29 is 8.42 Å². The number of nitrogens with one attached hydrogen (secondary N) is 1. The second-order valence-corrected chi connectivity index (χ2v) is 6.21. The van der Waals surface area contributed by atoms with Crippen molar-refractivity contribution in [3.8, 4) is 0 Å². The molecule has 0 bridgehead atoms. The average molecular weight is 280 g/mol. The summed E-state index contributed by atoms with van der Waals surface area (Å²) in [7, 11) is -3.40. The normalized spacial score (nSPS) is 12.0. The summed E-state index contributed by atoms with van der Waals surface area (Å²) in [6.45, 7) is 0.320. The highest BCUT2D eigenvalue weighted by molar-refractivity contribution is 7.92. The second kappa shape index (κ2) is 5.90. The van der Waals surface area contributed by atoms with E-state index in [0.29, 0.717) is 6.54 Å². The van der Waals surface area contributed by atoms with Gasteiger partial charge in [-0.2, -0.15) is 0 Å². The van der Waals surface area contributed by atoms with E-state index < -0.39 is 10.0 Å². The van der Waals surface area contributed by atoms with Crippen molar-refractivity contribution >= 4 is 27.4 Å². The summed E-state index contributed by atoms with van der Waals surface area (Å²) in [5, 5.41) is 3.08. The van der Waals surface area contributed by atoms with E-state index in [9.17, 15) is 8.42 Å². The summed E-state index contributed by atoms with van der Waals surface area (Å²) in [5.74, 6) is 0. The summed E-state index contributed by atoms with van der Waals surface area (Å²) in [4.78, 5) is 4.84. The molecule has 0 saturated heterocycles. The molecule has 0 saturated carbocycles. The smallest absolute Gasteiger partial charge is 0.234 e. The van der Waals surface area contributed by atoms with Gasteiger partial charge in [0.2, 0.25) is 10.0 Å². The van der Waals surface area contributed by atoms with E-state index in [-0.39, 0.29) is 0 Å². The topological polar surface area (TPSA) is 59.1 Å². The van der Waals surface area contributed by atoms with Gasteiger partial charge in [0, 0.05) is 29.2 Å². The first-order chi connectivity index (χ1) is 8.66. The number of rotatable bonds is 5. The number of aromatic nitrogens is 1. The van der Waals surface area contributed by atoms with Crippen LogP contribution in [0.4, 0.5) is 0 Å². The van der Waals surface area contributed by atoms with E-state index in [1.165, 1.54) is 11.3 Å². The molecule has 0 aromatic carbocycles. The molecule has 18 heavy (non-hydrogen) atoms. The van der Waals surface area contributed by atoms with Crippen LogP contribution in [0.5, 0.6) is 0 Å². The molecule has 4 nitrogen and oxygen atoms in total. The van der Waals surface area contributed by atoms with Crippen LogP contribution in [0.3, 0.4) is 0 Å². The first kappa shape index (κ1) is 12.9. The van der Waals surface area contributed by atoms with Gasteiger partial charge in [-0.05, 0) is 35.2 Å². The molecule has 6 heteroatoms. The van der Waals surface area contributed by atoms with Crippen LogP contribution in [-0.2, 0) is 16.6 Å². The fourth-order valence-corrected chi connectivity index (χ4v) is 2.80. The van der Waals surface area contributed by atoms with E-state index >= 15 is 0 Å². The van der Waals surface area contributed by atoms with Gasteiger partial charge in [0.1, 0.15) is 0 Å². The highest BCUT2D eigenvalue weighted by Crippen LogP contribution is 2.08. The number of pyridine rings is 1. The fourth-order valence-electron chi connectivity index (χ4n) is 1.28. The summed E-state index contributed by atoms with van der Waals surface area (Å²) in [6.07, 6.45) is 4.77. The van der Waals surface area contributed by atoms with Crippen LogP contribution in [0.15, 0.2) is 47.4 Å². The van der Waals surface area contributed by atoms with E-state index in [0.717, 1.165) is 15.8 Å². The maximum atomic E-state index is 11.7. The zero-order chi connectivity index (χ0) is 12.8. The minimum atomic E-state index is -3.40. The minimum absolute atomic E-state index is 0.320. The highest BCUT2D eigenvalue weighted by atomic mass is 32.2. The third-order valence-corrected chi connectivity index (χ3v) is 4.09. The van der Waals surface area contributed by atoms with Crippen LogP contribution in [-0.4, -0.2) is 13.4 Å². The van der Waals surface area contributed by atoms with Gasteiger partial charge in [0.25, 0.3) is 0 Å². The van der Waals surface area contributed by atoms with Gasteiger partial charge in [0.15, 0.2) is 0 Å². The summed E-state index contributed by atoms with van der Waals surface area (Å²) in [6, 6.07) is 7.26. The molecular formula is C12H12N2O2S2. The summed E-state index contributed by atoms with van der Waals surface area (Å²) < 4.78 is 25.9. The van der Waals surface area contributed by atoms with Gasteiger partial charge in [0.05, 0.1) is 0 Å². The molecule has 0 amide bonds. The third-order valence-electron chi connectivity index (χ3n) is 2.17. The van der Waals surface area contributed by atoms with Gasteiger partial charge in [-0.3, -0.25) is 4.98 Å². The maximum absolute atomic E-state index is 11.7. The number of hydrogen-bond acceptors (Lipinski definition) is 4. The van der Waals surface area contributed by atoms with Crippen molar-refractivity contribution in [3.05, 3.63) is 57.9 Å². The standard InChI is InChI=1S/C12H12N2O2S2/c15-18(16,14-10-12-2-1-8-17-12)9-5-11-3-6-13-7-4-11/h1-9,14H,10H2. The Labute approximate surface area is 110 Å². The van der Waals surface area contributed by atoms with E-state index in [2.05, 4.69) is 9.71 Å². The van der Waals surface area contributed by atoms with Gasteiger partial charge in [-0.25, -0.2) is 13.1 Å². The van der Waals surface area contributed by atoms with Crippen molar-refractivity contribution in [1.82, 2.24) is 9.71 Å². The van der Waals surface area contributed by atoms with Crippen LogP contribution >= 0.6 is 11.3 Å². The van der Waals surface area contributed by atoms with Crippen molar-refractivity contribution in [2.75, 3.05) is 0 Å². The molecular weight excluding hydrogens is 268 g/mol. The molecule has 0 atom stereocenters. The molecule has 1 N–H and O–H groups in total. The number of hydrogen-bond donors (Lipinski definition) is 1. The third kappa shape index (κ3) is 4.06. The molecule has 2 aromatic rings. The molecule has 0 spiro atoms. The predicted molar refractivity (Wildman–Crippen MR) is 73.3 cm³/mol. The Morgan fingerprint density at radius 1 is 1.28 bits per heavy atom. The number of sulfonamides is 1. The lowest BCUT2D eigenvalue weighted by atomic mass is 10.3. The Balaban J connectivity index is 1.97. The molecule has 0 aliphatic carbocycles. The molecule has 2 heterocycles. The fraction of sp³-hybridized carbons (Fsp3) is 0.0833. The quantitative estimate of drug-likeness (QED) is 0.913. The molecule has 0 fully saturated rings. The lowest BCUT2D eigenvalue weighted by Crippen LogP contribution is -2.19. The van der Waals surface area contributed by atoms with Gasteiger partial charge < -0.3 is 0 Å². The van der Waals surface area contributed by atoms with Crippen molar-refractivity contribution in [2.45, 2.75) is 6.54 Å². The van der Waals surface area contributed by atoms with E-state index in [1.54, 1.807) is 30.6 Å². The van der Waals surface area contributed by atoms with Crippen molar-refractivity contribution in [3.63, 3.8) is 0 Å². The predicted octanol–water partition coefficient (Wildman–Crippen LogP) is 2.23. The van der Waals surface area contributed by atoms with E-state index in [1.807, 2.05) is 17.5 Å². The van der Waals surface area contributed by atoms with Gasteiger partial charge in [-0.1, -0.05) is 6.07 Å². The Morgan fingerprint density at radius 2 is 2.06 bits per heavy atom. The Bertz CT molecular complexity index is 605. The molecule has 0 unspecified atom stereocenters. The Kier molecular flexibility index (Phi) is 4.24. The van der Waals surface area contributed by atoms with Crippen LogP contribution in [0.25, 0.3) is 6.08 Å². The number of thiophene rings is 1.